The summed E-state index contributed by atoms with van der Waals surface area (Å²) in [6, 6.07) is 6.33. The fourth-order valence-electron chi connectivity index (χ4n) is 3.11. The van der Waals surface area contributed by atoms with Crippen molar-refractivity contribution in [1.82, 2.24) is 19.6 Å². The SMILES string of the molecule is CC(NC(=O)c1ccc(OC2CCN(S(C)(=O)=O)CC2)c(Cl)c1)c1ccncn1. The summed E-state index contributed by atoms with van der Waals surface area (Å²) in [4.78, 5) is 20.5. The Morgan fingerprint density at radius 2 is 2.03 bits per heavy atom. The van der Waals surface area contributed by atoms with Gasteiger partial charge in [-0.1, -0.05) is 11.6 Å². The maximum atomic E-state index is 12.5. The van der Waals surface area contributed by atoms with Crippen molar-refractivity contribution in [1.29, 1.82) is 0 Å². The number of ether oxygens (including phenoxy) is 1. The molecule has 0 spiro atoms. The van der Waals surface area contributed by atoms with Crippen LogP contribution in [0, 0.1) is 0 Å². The van der Waals surface area contributed by atoms with Crippen LogP contribution in [0.4, 0.5) is 0 Å². The van der Waals surface area contributed by atoms with Gasteiger partial charge >= 0.3 is 0 Å². The molecule has 1 aliphatic heterocycles. The van der Waals surface area contributed by atoms with Gasteiger partial charge in [-0.05, 0) is 44.0 Å². The molecular weight excluding hydrogens is 416 g/mol. The van der Waals surface area contributed by atoms with Gasteiger partial charge in [-0.2, -0.15) is 0 Å². The van der Waals surface area contributed by atoms with Crippen LogP contribution in [0.25, 0.3) is 0 Å². The van der Waals surface area contributed by atoms with E-state index in [0.717, 1.165) is 0 Å². The Morgan fingerprint density at radius 1 is 1.31 bits per heavy atom. The molecule has 29 heavy (non-hydrogen) atoms. The Balaban J connectivity index is 1.59. The second kappa shape index (κ2) is 9.06. The molecular formula is C19H23ClN4O4S. The topological polar surface area (TPSA) is 101 Å². The smallest absolute Gasteiger partial charge is 0.251 e. The standard InChI is InChI=1S/C19H23ClN4O4S/c1-13(17-5-8-21-12-22-17)23-19(25)14-3-4-18(16(20)11-14)28-15-6-9-24(10-7-15)29(2,26)27/h3-5,8,11-13,15H,6-7,9-10H2,1-2H3,(H,23,25). The molecule has 1 aromatic carbocycles. The van der Waals surface area contributed by atoms with Gasteiger partial charge in [0, 0.05) is 24.8 Å². The minimum Gasteiger partial charge on any atom is -0.489 e. The maximum Gasteiger partial charge on any atom is 0.251 e. The van der Waals surface area contributed by atoms with Gasteiger partial charge in [0.1, 0.15) is 18.2 Å². The van der Waals surface area contributed by atoms with Gasteiger partial charge in [0.25, 0.3) is 5.91 Å². The maximum absolute atomic E-state index is 12.5. The molecule has 1 unspecified atom stereocenters. The summed E-state index contributed by atoms with van der Waals surface area (Å²) in [7, 11) is -3.18. The summed E-state index contributed by atoms with van der Waals surface area (Å²) in [5.74, 6) is 0.205. The van der Waals surface area contributed by atoms with Gasteiger partial charge < -0.3 is 10.1 Å². The quantitative estimate of drug-likeness (QED) is 0.743. The summed E-state index contributed by atoms with van der Waals surface area (Å²) >= 11 is 6.32. The average molecular weight is 439 g/mol. The van der Waals surface area contributed by atoms with Crippen molar-refractivity contribution < 1.29 is 17.9 Å². The van der Waals surface area contributed by atoms with E-state index in [9.17, 15) is 13.2 Å². The molecule has 2 aromatic rings. The van der Waals surface area contributed by atoms with E-state index in [0.29, 0.717) is 48.0 Å². The molecule has 0 saturated carbocycles. The van der Waals surface area contributed by atoms with Crippen molar-refractivity contribution in [3.05, 3.63) is 53.1 Å². The van der Waals surface area contributed by atoms with Gasteiger partial charge in [-0.25, -0.2) is 22.7 Å². The highest BCUT2D eigenvalue weighted by Crippen LogP contribution is 2.29. The average Bonchev–Trinajstić information content (AvgIpc) is 2.70. The lowest BCUT2D eigenvalue weighted by Crippen LogP contribution is -2.41. The minimum atomic E-state index is -3.18. The van der Waals surface area contributed by atoms with Crippen molar-refractivity contribution in [3.8, 4) is 5.75 Å². The fraction of sp³-hybridized carbons (Fsp3) is 0.421. The van der Waals surface area contributed by atoms with Gasteiger partial charge in [0.2, 0.25) is 10.0 Å². The third-order valence-electron chi connectivity index (χ3n) is 4.75. The van der Waals surface area contributed by atoms with Crippen LogP contribution in [0.15, 0.2) is 36.8 Å². The Morgan fingerprint density at radius 3 is 2.62 bits per heavy atom. The minimum absolute atomic E-state index is 0.122. The molecule has 1 aromatic heterocycles. The number of carbonyl (C=O) groups is 1. The van der Waals surface area contributed by atoms with Crippen molar-refractivity contribution in [2.75, 3.05) is 19.3 Å². The Labute approximate surface area is 175 Å². The van der Waals surface area contributed by atoms with E-state index in [1.165, 1.54) is 16.9 Å². The van der Waals surface area contributed by atoms with Crippen LogP contribution in [0.3, 0.4) is 0 Å². The molecule has 0 aliphatic carbocycles. The third-order valence-corrected chi connectivity index (χ3v) is 6.35. The van der Waals surface area contributed by atoms with Crippen molar-refractivity contribution in [2.45, 2.75) is 31.9 Å². The van der Waals surface area contributed by atoms with Crippen molar-refractivity contribution in [3.63, 3.8) is 0 Å². The number of halogens is 1. The molecule has 2 heterocycles. The number of hydrogen-bond acceptors (Lipinski definition) is 6. The van der Waals surface area contributed by atoms with Crippen LogP contribution in [0.1, 0.15) is 41.9 Å². The number of piperidine rings is 1. The predicted molar refractivity (Wildman–Crippen MR) is 109 cm³/mol. The number of rotatable bonds is 6. The Bertz CT molecular complexity index is 963. The largest absolute Gasteiger partial charge is 0.489 e. The van der Waals surface area contributed by atoms with E-state index in [1.807, 2.05) is 6.92 Å². The first-order valence-corrected chi connectivity index (χ1v) is 11.4. The number of benzene rings is 1. The van der Waals surface area contributed by atoms with E-state index < -0.39 is 10.0 Å². The summed E-state index contributed by atoms with van der Waals surface area (Å²) in [6.45, 7) is 2.67. The molecule has 1 amide bonds. The number of nitrogens with one attached hydrogen (secondary N) is 1. The Hall–Kier alpha value is -2.23. The zero-order valence-electron chi connectivity index (χ0n) is 16.2. The summed E-state index contributed by atoms with van der Waals surface area (Å²) in [6.07, 6.45) is 5.31. The highest BCUT2D eigenvalue weighted by atomic mass is 35.5. The summed E-state index contributed by atoms with van der Waals surface area (Å²) < 4.78 is 30.6. The lowest BCUT2D eigenvalue weighted by Gasteiger charge is -2.30. The van der Waals surface area contributed by atoms with E-state index in [2.05, 4.69) is 15.3 Å². The predicted octanol–water partition coefficient (Wildman–Crippen LogP) is 2.42. The monoisotopic (exact) mass is 438 g/mol. The van der Waals surface area contributed by atoms with Crippen LogP contribution >= 0.6 is 11.6 Å². The molecule has 1 atom stereocenters. The molecule has 1 fully saturated rings. The molecule has 1 saturated heterocycles. The molecule has 8 nitrogen and oxygen atoms in total. The first-order valence-electron chi connectivity index (χ1n) is 9.22. The number of sulfonamides is 1. The van der Waals surface area contributed by atoms with E-state index in [4.69, 9.17) is 16.3 Å². The number of carbonyl (C=O) groups excluding carboxylic acids is 1. The van der Waals surface area contributed by atoms with Gasteiger partial charge in [-0.15, -0.1) is 0 Å². The highest BCUT2D eigenvalue weighted by molar-refractivity contribution is 7.88. The van der Waals surface area contributed by atoms with Crippen LogP contribution in [-0.4, -0.2) is 54.0 Å². The van der Waals surface area contributed by atoms with Crippen LogP contribution < -0.4 is 10.1 Å². The zero-order valence-corrected chi connectivity index (χ0v) is 17.8. The number of amides is 1. The molecule has 3 rings (SSSR count). The zero-order chi connectivity index (χ0) is 21.0. The first-order chi connectivity index (χ1) is 13.7. The molecule has 1 aliphatic rings. The summed E-state index contributed by atoms with van der Waals surface area (Å²) in [5, 5.41) is 3.20. The van der Waals surface area contributed by atoms with Crippen LogP contribution in [-0.2, 0) is 10.0 Å². The molecule has 0 bridgehead atoms. The second-order valence-electron chi connectivity index (χ2n) is 6.95. The van der Waals surface area contributed by atoms with Gasteiger partial charge in [0.05, 0.1) is 23.0 Å². The molecule has 0 radical (unpaired) electrons. The van der Waals surface area contributed by atoms with Crippen LogP contribution in [0.5, 0.6) is 5.75 Å². The fourth-order valence-corrected chi connectivity index (χ4v) is 4.21. The third kappa shape index (κ3) is 5.65. The lowest BCUT2D eigenvalue weighted by molar-refractivity contribution is 0.0939. The van der Waals surface area contributed by atoms with E-state index in [-0.39, 0.29) is 18.1 Å². The number of nitrogens with zero attached hydrogens (tertiary/aromatic N) is 3. The van der Waals surface area contributed by atoms with Gasteiger partial charge in [-0.3, -0.25) is 4.79 Å². The second-order valence-corrected chi connectivity index (χ2v) is 9.34. The number of aromatic nitrogens is 2. The highest BCUT2D eigenvalue weighted by Gasteiger charge is 2.26. The molecule has 1 N–H and O–H groups in total. The van der Waals surface area contributed by atoms with Gasteiger partial charge in [0.15, 0.2) is 0 Å². The van der Waals surface area contributed by atoms with Crippen molar-refractivity contribution in [2.24, 2.45) is 0 Å². The van der Waals surface area contributed by atoms with E-state index >= 15 is 0 Å². The van der Waals surface area contributed by atoms with Crippen molar-refractivity contribution >= 4 is 27.5 Å². The normalized spacial score (nSPS) is 16.9. The molecule has 10 heteroatoms. The summed E-state index contributed by atoms with van der Waals surface area (Å²) in [5.41, 5.74) is 1.12. The Kier molecular flexibility index (Phi) is 6.71. The van der Waals surface area contributed by atoms with Crippen LogP contribution in [0.2, 0.25) is 5.02 Å². The van der Waals surface area contributed by atoms with E-state index in [1.54, 1.807) is 30.5 Å². The lowest BCUT2D eigenvalue weighted by atomic mass is 10.1. The first kappa shape index (κ1) is 21.5. The number of hydrogen-bond donors (Lipinski definition) is 1. The molecule has 156 valence electrons.